The number of halogens is 2. The number of benzene rings is 3. The number of hydrogen-bond donors (Lipinski definition) is 1. The van der Waals surface area contributed by atoms with E-state index in [-0.39, 0.29) is 21.6 Å². The van der Waals surface area contributed by atoms with Gasteiger partial charge in [-0.15, -0.1) is 0 Å². The summed E-state index contributed by atoms with van der Waals surface area (Å²) in [6.45, 7) is 1.44. The Bertz CT molecular complexity index is 1140. The topological polar surface area (TPSA) is 66.5 Å². The summed E-state index contributed by atoms with van der Waals surface area (Å²) in [6.07, 6.45) is 0.629. The van der Waals surface area contributed by atoms with Crippen molar-refractivity contribution in [2.45, 2.75) is 24.3 Å². The average Bonchev–Trinajstić information content (AvgIpc) is 2.79. The lowest BCUT2D eigenvalue weighted by Gasteiger charge is -2.26. The molecule has 0 saturated carbocycles. The van der Waals surface area contributed by atoms with Gasteiger partial charge in [-0.3, -0.25) is 9.10 Å². The van der Waals surface area contributed by atoms with Crippen LogP contribution in [0.3, 0.4) is 0 Å². The minimum absolute atomic E-state index is 0.0124. The van der Waals surface area contributed by atoms with Crippen LogP contribution in [-0.2, 0) is 14.8 Å². The third-order valence-electron chi connectivity index (χ3n) is 4.75. The van der Waals surface area contributed by atoms with E-state index in [1.165, 1.54) is 24.3 Å². The second kappa shape index (κ2) is 9.94. The van der Waals surface area contributed by atoms with Gasteiger partial charge in [0, 0.05) is 0 Å². The van der Waals surface area contributed by atoms with E-state index in [0.717, 1.165) is 15.9 Å². The molecule has 31 heavy (non-hydrogen) atoms. The van der Waals surface area contributed by atoms with Crippen molar-refractivity contribution in [2.75, 3.05) is 10.8 Å². The third kappa shape index (κ3) is 5.42. The fourth-order valence-corrected chi connectivity index (χ4v) is 4.76. The predicted molar refractivity (Wildman–Crippen MR) is 120 cm³/mol. The molecule has 162 valence electrons. The maximum Gasteiger partial charge on any atom is 0.264 e. The van der Waals surface area contributed by atoms with Crippen molar-refractivity contribution in [3.8, 4) is 0 Å². The first-order valence-corrected chi connectivity index (χ1v) is 11.5. The van der Waals surface area contributed by atoms with Crippen LogP contribution in [-0.4, -0.2) is 20.9 Å². The van der Waals surface area contributed by atoms with Gasteiger partial charge in [-0.2, -0.15) is 0 Å². The Morgan fingerprint density at radius 3 is 2.23 bits per heavy atom. The number of carbonyl (C=O) groups excluding carboxylic acids is 1. The molecule has 1 N–H and O–H groups in total. The molecule has 0 bridgehead atoms. The zero-order chi connectivity index (χ0) is 22.4. The number of anilines is 1. The van der Waals surface area contributed by atoms with Crippen LogP contribution in [0.25, 0.3) is 0 Å². The highest BCUT2D eigenvalue weighted by Gasteiger charge is 2.28. The normalized spacial score (nSPS) is 12.2. The first-order chi connectivity index (χ1) is 14.8. The summed E-state index contributed by atoms with van der Waals surface area (Å²) >= 11 is 5.88. The van der Waals surface area contributed by atoms with Crippen LogP contribution in [0.2, 0.25) is 5.02 Å². The molecular formula is C23H22ClFN2O3S. The van der Waals surface area contributed by atoms with Gasteiger partial charge in [0.15, 0.2) is 0 Å². The molecule has 0 heterocycles. The van der Waals surface area contributed by atoms with Crippen molar-refractivity contribution in [1.29, 1.82) is 0 Å². The lowest BCUT2D eigenvalue weighted by Crippen LogP contribution is -2.42. The van der Waals surface area contributed by atoms with Gasteiger partial charge in [-0.1, -0.05) is 67.1 Å². The van der Waals surface area contributed by atoms with Crippen LogP contribution in [0.1, 0.15) is 24.9 Å². The van der Waals surface area contributed by atoms with Gasteiger partial charge >= 0.3 is 0 Å². The molecule has 0 aliphatic heterocycles. The number of nitrogens with one attached hydrogen (secondary N) is 1. The SMILES string of the molecule is CCC(NC(=O)CN(c1ccc(F)c(Cl)c1)S(=O)(=O)c1ccccc1)c1ccccc1. The molecule has 0 aliphatic rings. The fraction of sp³-hybridized carbons (Fsp3) is 0.174. The van der Waals surface area contributed by atoms with E-state index in [9.17, 15) is 17.6 Å². The molecule has 3 aromatic carbocycles. The lowest BCUT2D eigenvalue weighted by atomic mass is 10.0. The first-order valence-electron chi connectivity index (χ1n) is 9.70. The van der Waals surface area contributed by atoms with Gasteiger partial charge in [0.25, 0.3) is 10.0 Å². The second-order valence-electron chi connectivity index (χ2n) is 6.86. The molecule has 5 nitrogen and oxygen atoms in total. The largest absolute Gasteiger partial charge is 0.348 e. The number of rotatable bonds is 8. The number of hydrogen-bond acceptors (Lipinski definition) is 3. The zero-order valence-corrected chi connectivity index (χ0v) is 18.4. The maximum atomic E-state index is 13.7. The summed E-state index contributed by atoms with van der Waals surface area (Å²) < 4.78 is 41.2. The predicted octanol–water partition coefficient (Wildman–Crippen LogP) is 4.94. The number of sulfonamides is 1. The zero-order valence-electron chi connectivity index (χ0n) is 16.8. The standard InChI is InChI=1S/C23H22ClFN2O3S/c1-2-22(17-9-5-3-6-10-17)26-23(28)16-27(18-13-14-21(25)20(24)15-18)31(29,30)19-11-7-4-8-12-19/h3-15,22H,2,16H2,1H3,(H,26,28). The van der Waals surface area contributed by atoms with Gasteiger partial charge in [0.2, 0.25) is 5.91 Å². The van der Waals surface area contributed by atoms with Crippen LogP contribution in [0.5, 0.6) is 0 Å². The van der Waals surface area contributed by atoms with E-state index < -0.39 is 28.3 Å². The number of amides is 1. The van der Waals surface area contributed by atoms with Gasteiger partial charge < -0.3 is 5.32 Å². The van der Waals surface area contributed by atoms with E-state index in [4.69, 9.17) is 11.6 Å². The Kier molecular flexibility index (Phi) is 7.30. The number of nitrogens with zero attached hydrogens (tertiary/aromatic N) is 1. The van der Waals surface area contributed by atoms with Crippen LogP contribution < -0.4 is 9.62 Å². The molecule has 0 spiro atoms. The van der Waals surface area contributed by atoms with Crippen LogP contribution in [0, 0.1) is 5.82 Å². The third-order valence-corrected chi connectivity index (χ3v) is 6.83. The van der Waals surface area contributed by atoms with Gasteiger partial charge in [-0.25, -0.2) is 12.8 Å². The summed E-state index contributed by atoms with van der Waals surface area (Å²) in [5.41, 5.74) is 1.01. The fourth-order valence-electron chi connectivity index (χ4n) is 3.15. The van der Waals surface area contributed by atoms with E-state index in [0.29, 0.717) is 6.42 Å². The van der Waals surface area contributed by atoms with Gasteiger partial charge in [0.05, 0.1) is 21.6 Å². The lowest BCUT2D eigenvalue weighted by molar-refractivity contribution is -0.120. The van der Waals surface area contributed by atoms with Crippen molar-refractivity contribution in [3.63, 3.8) is 0 Å². The Morgan fingerprint density at radius 2 is 1.65 bits per heavy atom. The van der Waals surface area contributed by atoms with E-state index in [1.54, 1.807) is 18.2 Å². The summed E-state index contributed by atoms with van der Waals surface area (Å²) in [7, 11) is -4.09. The molecule has 1 amide bonds. The Morgan fingerprint density at radius 1 is 1.03 bits per heavy atom. The van der Waals surface area contributed by atoms with Crippen LogP contribution in [0.15, 0.2) is 83.8 Å². The summed E-state index contributed by atoms with van der Waals surface area (Å²) in [5, 5.41) is 2.65. The Balaban J connectivity index is 1.93. The van der Waals surface area contributed by atoms with Crippen molar-refractivity contribution in [3.05, 3.63) is 95.3 Å². The number of carbonyl (C=O) groups is 1. The molecule has 3 rings (SSSR count). The monoisotopic (exact) mass is 460 g/mol. The van der Waals surface area contributed by atoms with Crippen molar-refractivity contribution in [1.82, 2.24) is 5.32 Å². The van der Waals surface area contributed by atoms with Crippen molar-refractivity contribution in [2.24, 2.45) is 0 Å². The van der Waals surface area contributed by atoms with Crippen molar-refractivity contribution >= 4 is 33.2 Å². The Hall–Kier alpha value is -2.90. The summed E-state index contributed by atoms with van der Waals surface area (Å²) in [6, 6.07) is 20.4. The van der Waals surface area contributed by atoms with E-state index >= 15 is 0 Å². The smallest absolute Gasteiger partial charge is 0.264 e. The maximum absolute atomic E-state index is 13.7. The molecule has 0 radical (unpaired) electrons. The molecule has 0 aliphatic carbocycles. The molecule has 0 fully saturated rings. The summed E-state index contributed by atoms with van der Waals surface area (Å²) in [5.74, 6) is -1.17. The molecule has 3 aromatic rings. The van der Waals surface area contributed by atoms with Crippen molar-refractivity contribution < 1.29 is 17.6 Å². The highest BCUT2D eigenvalue weighted by atomic mass is 35.5. The van der Waals surface area contributed by atoms with E-state index in [2.05, 4.69) is 5.32 Å². The first kappa shape index (κ1) is 22.8. The average molecular weight is 461 g/mol. The highest BCUT2D eigenvalue weighted by Crippen LogP contribution is 2.28. The molecule has 0 aromatic heterocycles. The van der Waals surface area contributed by atoms with Crippen LogP contribution in [0.4, 0.5) is 10.1 Å². The second-order valence-corrected chi connectivity index (χ2v) is 9.13. The molecular weight excluding hydrogens is 439 g/mol. The Labute approximate surface area is 186 Å². The minimum Gasteiger partial charge on any atom is -0.348 e. The highest BCUT2D eigenvalue weighted by molar-refractivity contribution is 7.92. The summed E-state index contributed by atoms with van der Waals surface area (Å²) in [4.78, 5) is 12.9. The quantitative estimate of drug-likeness (QED) is 0.517. The van der Waals surface area contributed by atoms with Gasteiger partial charge in [0.1, 0.15) is 12.4 Å². The minimum atomic E-state index is -4.09. The molecule has 1 unspecified atom stereocenters. The van der Waals surface area contributed by atoms with E-state index in [1.807, 2.05) is 37.3 Å². The molecule has 0 saturated heterocycles. The molecule has 8 heteroatoms. The van der Waals surface area contributed by atoms with Crippen LogP contribution >= 0.6 is 11.6 Å². The molecule has 1 atom stereocenters. The van der Waals surface area contributed by atoms with Gasteiger partial charge in [-0.05, 0) is 42.3 Å².